The summed E-state index contributed by atoms with van der Waals surface area (Å²) in [6.45, 7) is 7.42. The zero-order valence-electron chi connectivity index (χ0n) is 69.6. The highest BCUT2D eigenvalue weighted by molar-refractivity contribution is 7.47. The van der Waals surface area contributed by atoms with Gasteiger partial charge in [-0.3, -0.25) is 37.3 Å². The molecule has 0 fully saturated rings. The Hall–Kier alpha value is -1.94. The fourth-order valence-corrected chi connectivity index (χ4v) is 15.2. The minimum Gasteiger partial charge on any atom is -0.462 e. The first-order valence-electron chi connectivity index (χ1n) is 45.2. The Morgan fingerprint density at radius 1 is 0.264 bits per heavy atom. The number of rotatable bonds is 87. The number of aliphatic hydroxyl groups excluding tert-OH is 1. The summed E-state index contributed by atoms with van der Waals surface area (Å²) in [5.74, 6) is -1.25. The standard InChI is InChI=1S/C87H170O17P2/c1-6-10-13-16-19-22-25-27-29-31-33-34-36-38-44-48-53-58-63-68-73-87(92)104-83(77-98-85(90)71-66-61-56-51-46-42-40-39-41-45-49-54-59-64-69-80(5)9-4)79-102-106(95,96)100-75-81(88)74-99-105(93,94)101-78-82(76-97-84(89)70-65-60-55-50-24-21-18-15-12-8-3)103-86(91)72-67-62-57-52-47-43-37-35-32-30-28-26-23-20-17-14-11-7-2/h80-83,88H,6-79H2,1-5H3,(H,93,94)(H,95,96)/t80?,81-,82+,83+/m0/s1. The van der Waals surface area contributed by atoms with Crippen molar-refractivity contribution in [1.29, 1.82) is 0 Å². The Morgan fingerprint density at radius 2 is 0.453 bits per heavy atom. The van der Waals surface area contributed by atoms with Gasteiger partial charge in [0.15, 0.2) is 12.2 Å². The number of phosphoric acid groups is 2. The summed E-state index contributed by atoms with van der Waals surface area (Å²) in [4.78, 5) is 73.2. The smallest absolute Gasteiger partial charge is 0.462 e. The van der Waals surface area contributed by atoms with Gasteiger partial charge in [0.1, 0.15) is 19.3 Å². The van der Waals surface area contributed by atoms with E-state index < -0.39 is 97.5 Å². The van der Waals surface area contributed by atoms with Crippen LogP contribution in [0, 0.1) is 5.92 Å². The van der Waals surface area contributed by atoms with Crippen molar-refractivity contribution < 1.29 is 80.2 Å². The predicted molar refractivity (Wildman–Crippen MR) is 437 cm³/mol. The Kier molecular flexibility index (Phi) is 78.2. The van der Waals surface area contributed by atoms with Crippen LogP contribution in [0.3, 0.4) is 0 Å². The quantitative estimate of drug-likeness (QED) is 0.0222. The second-order valence-corrected chi connectivity index (χ2v) is 34.4. The molecule has 0 rings (SSSR count). The van der Waals surface area contributed by atoms with Gasteiger partial charge in [-0.1, -0.05) is 420 Å². The van der Waals surface area contributed by atoms with Crippen molar-refractivity contribution in [2.24, 2.45) is 5.92 Å². The van der Waals surface area contributed by atoms with Crippen molar-refractivity contribution in [2.75, 3.05) is 39.6 Å². The van der Waals surface area contributed by atoms with Crippen molar-refractivity contribution in [2.45, 2.75) is 490 Å². The molecule has 0 saturated heterocycles. The number of unbranched alkanes of at least 4 members (excludes halogenated alkanes) is 58. The maximum atomic E-state index is 13.2. The van der Waals surface area contributed by atoms with Gasteiger partial charge in [0.25, 0.3) is 0 Å². The molecule has 0 heterocycles. The topological polar surface area (TPSA) is 237 Å². The maximum absolute atomic E-state index is 13.2. The second kappa shape index (κ2) is 79.7. The summed E-state index contributed by atoms with van der Waals surface area (Å²) in [6.07, 6.45) is 73.5. The van der Waals surface area contributed by atoms with Crippen LogP contribution < -0.4 is 0 Å². The molecule has 19 heteroatoms. The van der Waals surface area contributed by atoms with E-state index in [9.17, 15) is 43.2 Å². The third-order valence-corrected chi connectivity index (χ3v) is 22.8. The summed E-state index contributed by atoms with van der Waals surface area (Å²) in [5, 5.41) is 10.7. The van der Waals surface area contributed by atoms with E-state index in [1.807, 2.05) is 0 Å². The first kappa shape index (κ1) is 104. The summed E-state index contributed by atoms with van der Waals surface area (Å²) in [7, 11) is -9.93. The van der Waals surface area contributed by atoms with Crippen molar-refractivity contribution in [3.8, 4) is 0 Å². The molecule has 106 heavy (non-hydrogen) atoms. The molecule has 0 spiro atoms. The van der Waals surface area contributed by atoms with Gasteiger partial charge < -0.3 is 33.8 Å². The molecule has 3 unspecified atom stereocenters. The van der Waals surface area contributed by atoms with Crippen LogP contribution in [0.5, 0.6) is 0 Å². The van der Waals surface area contributed by atoms with Gasteiger partial charge >= 0.3 is 39.5 Å². The number of hydrogen-bond donors (Lipinski definition) is 3. The molecule has 0 saturated carbocycles. The molecule has 0 amide bonds. The van der Waals surface area contributed by atoms with Crippen molar-refractivity contribution in [3.05, 3.63) is 0 Å². The van der Waals surface area contributed by atoms with Crippen molar-refractivity contribution >= 4 is 39.5 Å². The zero-order valence-corrected chi connectivity index (χ0v) is 71.4. The number of hydrogen-bond acceptors (Lipinski definition) is 15. The largest absolute Gasteiger partial charge is 0.472 e. The highest BCUT2D eigenvalue weighted by atomic mass is 31.2. The van der Waals surface area contributed by atoms with Crippen LogP contribution in [0.2, 0.25) is 0 Å². The lowest BCUT2D eigenvalue weighted by Crippen LogP contribution is -2.30. The second-order valence-electron chi connectivity index (χ2n) is 31.5. The lowest BCUT2D eigenvalue weighted by molar-refractivity contribution is -0.161. The summed E-state index contributed by atoms with van der Waals surface area (Å²) in [6, 6.07) is 0. The van der Waals surface area contributed by atoms with Crippen molar-refractivity contribution in [1.82, 2.24) is 0 Å². The van der Waals surface area contributed by atoms with Gasteiger partial charge in [0, 0.05) is 25.7 Å². The van der Waals surface area contributed by atoms with E-state index in [0.29, 0.717) is 25.7 Å². The molecule has 0 aliphatic heterocycles. The van der Waals surface area contributed by atoms with Crippen LogP contribution in [-0.2, 0) is 65.4 Å². The van der Waals surface area contributed by atoms with Crippen LogP contribution in [-0.4, -0.2) is 96.7 Å². The molecule has 3 N–H and O–H groups in total. The van der Waals surface area contributed by atoms with Gasteiger partial charge in [-0.05, 0) is 31.6 Å². The number of carbonyl (C=O) groups excluding carboxylic acids is 4. The average molecular weight is 1550 g/mol. The Labute approximate surface area is 651 Å². The Morgan fingerprint density at radius 3 is 0.670 bits per heavy atom. The van der Waals surface area contributed by atoms with Crippen LogP contribution in [0.4, 0.5) is 0 Å². The van der Waals surface area contributed by atoms with Crippen LogP contribution >= 0.6 is 15.6 Å². The first-order valence-corrected chi connectivity index (χ1v) is 48.2. The molecule has 0 bridgehead atoms. The minimum absolute atomic E-state index is 0.109. The molecule has 0 aromatic carbocycles. The van der Waals surface area contributed by atoms with Gasteiger partial charge in [0.05, 0.1) is 26.4 Å². The van der Waals surface area contributed by atoms with E-state index in [1.54, 1.807) is 0 Å². The fraction of sp³-hybridized carbons (Fsp3) is 0.954. The van der Waals surface area contributed by atoms with Gasteiger partial charge in [-0.2, -0.15) is 0 Å². The number of aliphatic hydroxyl groups is 1. The molecule has 630 valence electrons. The lowest BCUT2D eigenvalue weighted by Gasteiger charge is -2.21. The molecule has 6 atom stereocenters. The average Bonchev–Trinajstić information content (AvgIpc) is 0.902. The summed E-state index contributed by atoms with van der Waals surface area (Å²) in [5.41, 5.74) is 0. The molecule has 0 aliphatic rings. The van der Waals surface area contributed by atoms with E-state index in [4.69, 9.17) is 37.0 Å². The highest BCUT2D eigenvalue weighted by Crippen LogP contribution is 2.45. The van der Waals surface area contributed by atoms with Gasteiger partial charge in [0.2, 0.25) is 0 Å². The van der Waals surface area contributed by atoms with E-state index >= 15 is 0 Å². The number of ether oxygens (including phenoxy) is 4. The number of esters is 4. The van der Waals surface area contributed by atoms with Gasteiger partial charge in [-0.25, -0.2) is 9.13 Å². The van der Waals surface area contributed by atoms with E-state index in [0.717, 1.165) is 95.8 Å². The first-order chi connectivity index (χ1) is 51.6. The Balaban J connectivity index is 5.23. The molecule has 0 radical (unpaired) electrons. The number of carbonyl (C=O) groups is 4. The van der Waals surface area contributed by atoms with E-state index in [-0.39, 0.29) is 25.7 Å². The predicted octanol–water partition coefficient (Wildman–Crippen LogP) is 26.8. The van der Waals surface area contributed by atoms with Crippen molar-refractivity contribution in [3.63, 3.8) is 0 Å². The number of phosphoric ester groups is 2. The Bertz CT molecular complexity index is 2020. The zero-order chi connectivity index (χ0) is 77.6. The summed E-state index contributed by atoms with van der Waals surface area (Å²) >= 11 is 0. The molecule has 17 nitrogen and oxygen atoms in total. The van der Waals surface area contributed by atoms with Crippen LogP contribution in [0.25, 0.3) is 0 Å². The normalized spacial score (nSPS) is 14.0. The maximum Gasteiger partial charge on any atom is 0.472 e. The lowest BCUT2D eigenvalue weighted by atomic mass is 9.99. The fourth-order valence-electron chi connectivity index (χ4n) is 13.6. The molecular formula is C87H170O17P2. The van der Waals surface area contributed by atoms with Crippen LogP contribution in [0.15, 0.2) is 0 Å². The highest BCUT2D eigenvalue weighted by Gasteiger charge is 2.30. The van der Waals surface area contributed by atoms with E-state index in [1.165, 1.54) is 295 Å². The van der Waals surface area contributed by atoms with Crippen LogP contribution in [0.1, 0.15) is 471 Å². The molecular weight excluding hydrogens is 1380 g/mol. The third-order valence-electron chi connectivity index (χ3n) is 20.9. The molecule has 0 aromatic heterocycles. The SMILES string of the molecule is CCCCCCCCCCCCCCCCCCCCCCC(=O)O[C@H](COC(=O)CCCCCCCCCCCCCCCCC(C)CC)COP(=O)(O)OC[C@@H](O)COP(=O)(O)OC[C@@H](COC(=O)CCCCCCCCCCCC)OC(=O)CCCCCCCCCCCCCCCCCCCC. The summed E-state index contributed by atoms with van der Waals surface area (Å²) < 4.78 is 68.9. The van der Waals surface area contributed by atoms with Gasteiger partial charge in [-0.15, -0.1) is 0 Å². The van der Waals surface area contributed by atoms with E-state index in [2.05, 4.69) is 34.6 Å². The molecule has 0 aromatic rings. The monoisotopic (exact) mass is 1550 g/mol. The third kappa shape index (κ3) is 78.7. The molecule has 0 aliphatic carbocycles. The minimum atomic E-state index is -4.97.